The summed E-state index contributed by atoms with van der Waals surface area (Å²) in [5.74, 6) is 1.55. The monoisotopic (exact) mass is 602 g/mol. The maximum atomic E-state index is 14.3. The van der Waals surface area contributed by atoms with Gasteiger partial charge in [-0.25, -0.2) is 9.67 Å². The van der Waals surface area contributed by atoms with Crippen molar-refractivity contribution in [2.45, 2.75) is 32.7 Å². The van der Waals surface area contributed by atoms with Gasteiger partial charge >= 0.3 is 0 Å². The lowest BCUT2D eigenvalue weighted by Crippen LogP contribution is -2.44. The van der Waals surface area contributed by atoms with Gasteiger partial charge < -0.3 is 24.7 Å². The minimum absolute atomic E-state index is 0.137. The number of benzene rings is 2. The zero-order chi connectivity index (χ0) is 30.9. The Balaban J connectivity index is 1.53. The van der Waals surface area contributed by atoms with E-state index in [1.807, 2.05) is 60.1 Å². The first kappa shape index (κ1) is 28.9. The van der Waals surface area contributed by atoms with Crippen LogP contribution >= 0.6 is 0 Å². The molecule has 1 fully saturated rings. The maximum absolute atomic E-state index is 14.3. The number of nitrogens with one attached hydrogen (secondary N) is 2. The van der Waals surface area contributed by atoms with E-state index in [0.717, 1.165) is 95.1 Å². The second kappa shape index (κ2) is 12.2. The molecule has 1 aliphatic carbocycles. The minimum Gasteiger partial charge on any atom is -0.497 e. The molecule has 0 unspecified atom stereocenters. The van der Waals surface area contributed by atoms with Crippen LogP contribution in [-0.4, -0.2) is 60.1 Å². The molecule has 4 heterocycles. The fraction of sp³-hybridized carbons (Fsp3) is 0.306. The van der Waals surface area contributed by atoms with E-state index in [-0.39, 0.29) is 5.56 Å². The van der Waals surface area contributed by atoms with Crippen molar-refractivity contribution in [3.63, 3.8) is 0 Å². The molecular formula is C36H38N6O3. The number of hydrogen-bond acceptors (Lipinski definition) is 7. The number of pyridine rings is 2. The Kier molecular flexibility index (Phi) is 7.85. The standard InChI is InChI=1S/C36H38N6O3/c1-23-30-31-32(36(43)38-29(21-24-7-5-4-6-8-24)34(31)41-19-17-37-18-20-41)33(26-11-15-28(45-3)16-12-26)39-35(30)42(40-23)22-25-9-13-27(44-2)14-10-25/h5,7-16,37H,4,6,17-22H2,1-3H3,(H,38,43). The van der Waals surface area contributed by atoms with Crippen LogP contribution in [0.4, 0.5) is 5.69 Å². The fourth-order valence-corrected chi connectivity index (χ4v) is 6.59. The molecule has 3 aromatic heterocycles. The fourth-order valence-electron chi connectivity index (χ4n) is 6.59. The molecule has 0 radical (unpaired) electrons. The summed E-state index contributed by atoms with van der Waals surface area (Å²) in [5.41, 5.74) is 7.26. The largest absolute Gasteiger partial charge is 0.497 e. The van der Waals surface area contributed by atoms with E-state index in [2.05, 4.69) is 33.4 Å². The molecule has 230 valence electrons. The number of H-pyrrole nitrogens is 1. The lowest BCUT2D eigenvalue weighted by molar-refractivity contribution is 0.414. The first-order chi connectivity index (χ1) is 22.0. The second-order valence-corrected chi connectivity index (χ2v) is 11.7. The summed E-state index contributed by atoms with van der Waals surface area (Å²) in [4.78, 5) is 25.3. The normalized spacial score (nSPS) is 15.1. The smallest absolute Gasteiger partial charge is 0.258 e. The Bertz CT molecular complexity index is 1980. The number of aromatic nitrogens is 4. The zero-order valence-electron chi connectivity index (χ0n) is 26.0. The van der Waals surface area contributed by atoms with Crippen molar-refractivity contribution in [3.05, 3.63) is 99.6 Å². The Hall–Kier alpha value is -4.89. The SMILES string of the molecule is COc1ccc(Cn2nc(C)c3c4c(N5CCNCC5)c(CC5=CCCC=C5)[nH]c(=O)c4c(-c4ccc(OC)cc4)nc32)cc1. The van der Waals surface area contributed by atoms with Gasteiger partial charge in [0, 0.05) is 49.2 Å². The van der Waals surface area contributed by atoms with Crippen LogP contribution in [0.2, 0.25) is 0 Å². The van der Waals surface area contributed by atoms with E-state index in [0.29, 0.717) is 24.0 Å². The van der Waals surface area contributed by atoms with Crippen molar-refractivity contribution >= 4 is 27.5 Å². The molecule has 0 saturated carbocycles. The van der Waals surface area contributed by atoms with Gasteiger partial charge in [0.2, 0.25) is 0 Å². The summed E-state index contributed by atoms with van der Waals surface area (Å²) in [5, 5.41) is 11.0. The third kappa shape index (κ3) is 5.48. The molecule has 9 nitrogen and oxygen atoms in total. The number of methoxy groups -OCH3 is 2. The molecule has 45 heavy (non-hydrogen) atoms. The molecular weight excluding hydrogens is 564 g/mol. The Morgan fingerprint density at radius 1 is 0.889 bits per heavy atom. The number of hydrogen-bond donors (Lipinski definition) is 2. The number of ether oxygens (including phenoxy) is 2. The zero-order valence-corrected chi connectivity index (χ0v) is 26.0. The Labute approximate surface area is 262 Å². The molecule has 0 amide bonds. The molecule has 9 heteroatoms. The average Bonchev–Trinajstić information content (AvgIpc) is 3.40. The number of fused-ring (bicyclic) bond motifs is 3. The van der Waals surface area contributed by atoms with Crippen LogP contribution in [-0.2, 0) is 13.0 Å². The van der Waals surface area contributed by atoms with Crippen LogP contribution in [0.1, 0.15) is 29.8 Å². The Morgan fingerprint density at radius 2 is 1.60 bits per heavy atom. The molecule has 2 aromatic carbocycles. The van der Waals surface area contributed by atoms with Gasteiger partial charge in [-0.05, 0) is 67.3 Å². The van der Waals surface area contributed by atoms with Crippen molar-refractivity contribution in [1.29, 1.82) is 0 Å². The van der Waals surface area contributed by atoms with Crippen LogP contribution in [0.25, 0.3) is 33.1 Å². The van der Waals surface area contributed by atoms with E-state index in [4.69, 9.17) is 19.6 Å². The number of anilines is 1. The molecule has 0 atom stereocenters. The first-order valence-electron chi connectivity index (χ1n) is 15.6. The van der Waals surface area contributed by atoms with Crippen LogP contribution in [0.5, 0.6) is 11.5 Å². The van der Waals surface area contributed by atoms with Crippen LogP contribution in [0.3, 0.4) is 0 Å². The number of allylic oxidation sites excluding steroid dienone is 4. The topological polar surface area (TPSA) is 97.3 Å². The summed E-state index contributed by atoms with van der Waals surface area (Å²) in [6, 6.07) is 15.8. The number of rotatable bonds is 8. The highest BCUT2D eigenvalue weighted by atomic mass is 16.5. The van der Waals surface area contributed by atoms with Crippen molar-refractivity contribution in [2.75, 3.05) is 45.3 Å². The van der Waals surface area contributed by atoms with E-state index < -0.39 is 0 Å². The average molecular weight is 603 g/mol. The second-order valence-electron chi connectivity index (χ2n) is 11.7. The molecule has 1 saturated heterocycles. The highest BCUT2D eigenvalue weighted by Crippen LogP contribution is 2.40. The van der Waals surface area contributed by atoms with Gasteiger partial charge in [0.1, 0.15) is 11.5 Å². The lowest BCUT2D eigenvalue weighted by Gasteiger charge is -2.32. The summed E-state index contributed by atoms with van der Waals surface area (Å²) < 4.78 is 12.8. The number of aromatic amines is 1. The van der Waals surface area contributed by atoms with Crippen molar-refractivity contribution in [3.8, 4) is 22.8 Å². The Morgan fingerprint density at radius 3 is 2.27 bits per heavy atom. The van der Waals surface area contributed by atoms with Gasteiger partial charge in [0.25, 0.3) is 5.56 Å². The van der Waals surface area contributed by atoms with E-state index >= 15 is 0 Å². The van der Waals surface area contributed by atoms with E-state index in [1.54, 1.807) is 14.2 Å². The third-order valence-corrected chi connectivity index (χ3v) is 8.81. The van der Waals surface area contributed by atoms with Crippen molar-refractivity contribution < 1.29 is 9.47 Å². The first-order valence-corrected chi connectivity index (χ1v) is 15.6. The van der Waals surface area contributed by atoms with Gasteiger partial charge in [-0.15, -0.1) is 0 Å². The summed E-state index contributed by atoms with van der Waals surface area (Å²) in [6.07, 6.45) is 9.41. The molecule has 0 bridgehead atoms. The number of piperazine rings is 1. The summed E-state index contributed by atoms with van der Waals surface area (Å²) in [6.45, 7) is 5.98. The van der Waals surface area contributed by atoms with Gasteiger partial charge in [-0.1, -0.05) is 30.4 Å². The number of aryl methyl sites for hydroxylation is 1. The molecule has 7 rings (SSSR count). The highest BCUT2D eigenvalue weighted by Gasteiger charge is 2.27. The maximum Gasteiger partial charge on any atom is 0.258 e. The van der Waals surface area contributed by atoms with Gasteiger partial charge in [0.05, 0.1) is 48.6 Å². The molecule has 0 spiro atoms. The van der Waals surface area contributed by atoms with E-state index in [1.165, 1.54) is 5.57 Å². The number of nitrogens with zero attached hydrogens (tertiary/aromatic N) is 4. The van der Waals surface area contributed by atoms with E-state index in [9.17, 15) is 4.79 Å². The third-order valence-electron chi connectivity index (χ3n) is 8.81. The summed E-state index contributed by atoms with van der Waals surface area (Å²) in [7, 11) is 3.32. The van der Waals surface area contributed by atoms with Crippen LogP contribution < -0.4 is 25.2 Å². The van der Waals surface area contributed by atoms with Crippen LogP contribution in [0.15, 0.2) is 77.1 Å². The van der Waals surface area contributed by atoms with Gasteiger partial charge in [-0.2, -0.15) is 5.10 Å². The molecule has 5 aromatic rings. The van der Waals surface area contributed by atoms with Crippen molar-refractivity contribution in [2.24, 2.45) is 0 Å². The molecule has 1 aliphatic heterocycles. The van der Waals surface area contributed by atoms with Crippen LogP contribution in [0, 0.1) is 6.92 Å². The van der Waals surface area contributed by atoms with Gasteiger partial charge in [-0.3, -0.25) is 4.79 Å². The quantitative estimate of drug-likeness (QED) is 0.241. The summed E-state index contributed by atoms with van der Waals surface area (Å²) >= 11 is 0. The molecule has 2 N–H and O–H groups in total. The molecule has 2 aliphatic rings. The predicted molar refractivity (Wildman–Crippen MR) is 180 cm³/mol. The minimum atomic E-state index is -0.137. The lowest BCUT2D eigenvalue weighted by atomic mass is 9.96. The van der Waals surface area contributed by atoms with Crippen molar-refractivity contribution in [1.82, 2.24) is 25.1 Å². The highest BCUT2D eigenvalue weighted by molar-refractivity contribution is 6.17. The predicted octanol–water partition coefficient (Wildman–Crippen LogP) is 5.54. The van der Waals surface area contributed by atoms with Gasteiger partial charge in [0.15, 0.2) is 5.65 Å².